The lowest BCUT2D eigenvalue weighted by Crippen LogP contribution is -2.38. The Morgan fingerprint density at radius 1 is 1.26 bits per heavy atom. The molecule has 1 aromatic carbocycles. The van der Waals surface area contributed by atoms with Crippen LogP contribution < -0.4 is 15.5 Å². The Morgan fingerprint density at radius 2 is 2.07 bits per heavy atom. The number of nitrogens with one attached hydrogen (secondary N) is 2. The zero-order valence-electron chi connectivity index (χ0n) is 16.1. The van der Waals surface area contributed by atoms with Gasteiger partial charge in [0, 0.05) is 57.7 Å². The highest BCUT2D eigenvalue weighted by Gasteiger charge is 2.23. The molecule has 0 aromatic heterocycles. The van der Waals surface area contributed by atoms with Crippen molar-refractivity contribution in [3.63, 3.8) is 0 Å². The first-order chi connectivity index (χ1) is 12.6. The van der Waals surface area contributed by atoms with Gasteiger partial charge in [-0.2, -0.15) is 0 Å². The van der Waals surface area contributed by atoms with E-state index in [1.54, 1.807) is 6.07 Å². The van der Waals surface area contributed by atoms with Gasteiger partial charge in [0.15, 0.2) is 17.6 Å². The second-order valence-electron chi connectivity index (χ2n) is 6.40. The van der Waals surface area contributed by atoms with Crippen LogP contribution in [0.3, 0.4) is 0 Å². The average molecular weight is 496 g/mol. The van der Waals surface area contributed by atoms with Gasteiger partial charge in [0.1, 0.15) is 0 Å². The number of aliphatic imine (C=N–C) groups is 1. The Bertz CT molecular complexity index is 589. The van der Waals surface area contributed by atoms with Gasteiger partial charge >= 0.3 is 0 Å². The molecule has 1 fully saturated rings. The molecule has 1 aromatic rings. The summed E-state index contributed by atoms with van der Waals surface area (Å²) in [5.74, 6) is -0.383. The Hall–Kier alpha value is -1.16. The first-order valence-corrected chi connectivity index (χ1v) is 9.44. The predicted molar refractivity (Wildman–Crippen MR) is 117 cm³/mol. The molecule has 2 rings (SSSR count). The van der Waals surface area contributed by atoms with Crippen LogP contribution >= 0.6 is 24.0 Å². The van der Waals surface area contributed by atoms with E-state index in [-0.39, 0.29) is 24.0 Å². The Morgan fingerprint density at radius 3 is 2.78 bits per heavy atom. The van der Waals surface area contributed by atoms with Gasteiger partial charge in [-0.05, 0) is 44.7 Å². The number of rotatable bonds is 9. The van der Waals surface area contributed by atoms with Gasteiger partial charge < -0.3 is 20.3 Å². The summed E-state index contributed by atoms with van der Waals surface area (Å²) in [6.07, 6.45) is 1.93. The Kier molecular flexibility index (Phi) is 11.6. The van der Waals surface area contributed by atoms with Crippen molar-refractivity contribution in [1.82, 2.24) is 10.6 Å². The van der Waals surface area contributed by atoms with Crippen LogP contribution in [-0.2, 0) is 4.74 Å². The molecule has 8 heteroatoms. The summed E-state index contributed by atoms with van der Waals surface area (Å²) in [6.45, 7) is 9.49. The average Bonchev–Trinajstić information content (AvgIpc) is 3.10. The monoisotopic (exact) mass is 496 g/mol. The molecule has 1 aliphatic rings. The van der Waals surface area contributed by atoms with E-state index in [4.69, 9.17) is 4.74 Å². The van der Waals surface area contributed by atoms with Crippen molar-refractivity contribution in [1.29, 1.82) is 0 Å². The van der Waals surface area contributed by atoms with E-state index in [0.717, 1.165) is 63.9 Å². The minimum Gasteiger partial charge on any atom is -0.382 e. The van der Waals surface area contributed by atoms with Gasteiger partial charge in [0.25, 0.3) is 0 Å². The number of benzene rings is 1. The number of anilines is 1. The first kappa shape index (κ1) is 23.9. The van der Waals surface area contributed by atoms with Crippen molar-refractivity contribution in [3.05, 3.63) is 29.8 Å². The van der Waals surface area contributed by atoms with Crippen molar-refractivity contribution in [2.45, 2.75) is 26.7 Å². The maximum atomic E-state index is 13.4. The SMILES string of the molecule is CCNC(=NCC1CCN(c2ccc(F)c(F)c2)C1)NCCCOCC.I. The number of ether oxygens (including phenoxy) is 1. The number of halogens is 3. The molecular weight excluding hydrogens is 465 g/mol. The minimum atomic E-state index is -0.806. The third-order valence-electron chi connectivity index (χ3n) is 4.37. The summed E-state index contributed by atoms with van der Waals surface area (Å²) in [5.41, 5.74) is 0.733. The van der Waals surface area contributed by atoms with Crippen molar-refractivity contribution in [3.8, 4) is 0 Å². The van der Waals surface area contributed by atoms with Crippen LogP contribution in [0.2, 0.25) is 0 Å². The summed E-state index contributed by atoms with van der Waals surface area (Å²) in [4.78, 5) is 6.75. The van der Waals surface area contributed by atoms with Crippen LogP contribution in [0.4, 0.5) is 14.5 Å². The fourth-order valence-electron chi connectivity index (χ4n) is 2.99. The quantitative estimate of drug-likeness (QED) is 0.238. The zero-order valence-corrected chi connectivity index (χ0v) is 18.5. The molecule has 154 valence electrons. The van der Waals surface area contributed by atoms with Gasteiger partial charge in [0.2, 0.25) is 0 Å². The van der Waals surface area contributed by atoms with E-state index in [1.807, 2.05) is 13.8 Å². The summed E-state index contributed by atoms with van der Waals surface area (Å²) >= 11 is 0. The molecule has 2 N–H and O–H groups in total. The van der Waals surface area contributed by atoms with E-state index in [9.17, 15) is 8.78 Å². The molecule has 1 atom stereocenters. The third kappa shape index (κ3) is 8.16. The summed E-state index contributed by atoms with van der Waals surface area (Å²) in [7, 11) is 0. The second kappa shape index (κ2) is 13.1. The van der Waals surface area contributed by atoms with Gasteiger partial charge in [-0.1, -0.05) is 0 Å². The molecule has 0 aliphatic carbocycles. The van der Waals surface area contributed by atoms with Crippen LogP contribution in [0.5, 0.6) is 0 Å². The van der Waals surface area contributed by atoms with Crippen molar-refractivity contribution in [2.75, 3.05) is 50.8 Å². The van der Waals surface area contributed by atoms with Gasteiger partial charge in [0.05, 0.1) is 0 Å². The van der Waals surface area contributed by atoms with Crippen LogP contribution in [-0.4, -0.2) is 51.9 Å². The molecule has 1 heterocycles. The van der Waals surface area contributed by atoms with Crippen LogP contribution in [0.15, 0.2) is 23.2 Å². The summed E-state index contributed by atoms with van der Waals surface area (Å²) < 4.78 is 31.8. The number of hydrogen-bond acceptors (Lipinski definition) is 3. The maximum Gasteiger partial charge on any atom is 0.191 e. The molecule has 5 nitrogen and oxygen atoms in total. The lowest BCUT2D eigenvalue weighted by atomic mass is 10.1. The molecule has 0 radical (unpaired) electrons. The van der Waals surface area contributed by atoms with E-state index in [2.05, 4.69) is 20.5 Å². The molecular formula is C19H31F2IN4O. The highest BCUT2D eigenvalue weighted by atomic mass is 127. The zero-order chi connectivity index (χ0) is 18.8. The summed E-state index contributed by atoms with van der Waals surface area (Å²) in [6, 6.07) is 4.09. The van der Waals surface area contributed by atoms with Crippen molar-refractivity contribution in [2.24, 2.45) is 10.9 Å². The van der Waals surface area contributed by atoms with E-state index < -0.39 is 11.6 Å². The van der Waals surface area contributed by atoms with Crippen LogP contribution in [0.25, 0.3) is 0 Å². The molecule has 0 saturated carbocycles. The Labute approximate surface area is 178 Å². The topological polar surface area (TPSA) is 48.9 Å². The largest absolute Gasteiger partial charge is 0.382 e. The molecule has 1 unspecified atom stereocenters. The first-order valence-electron chi connectivity index (χ1n) is 9.44. The fourth-order valence-corrected chi connectivity index (χ4v) is 2.99. The minimum absolute atomic E-state index is 0. The standard InChI is InChI=1S/C19H30F2N4O.HI/c1-3-22-19(23-9-5-11-26-4-2)24-13-15-8-10-25(14-15)16-6-7-17(20)18(21)12-16;/h6-7,12,15H,3-5,8-11,13-14H2,1-2H3,(H2,22,23,24);1H. The highest BCUT2D eigenvalue weighted by Crippen LogP contribution is 2.25. The number of hydrogen-bond donors (Lipinski definition) is 2. The highest BCUT2D eigenvalue weighted by molar-refractivity contribution is 14.0. The van der Waals surface area contributed by atoms with Crippen LogP contribution in [0.1, 0.15) is 26.7 Å². The second-order valence-corrected chi connectivity index (χ2v) is 6.40. The fraction of sp³-hybridized carbons (Fsp3) is 0.632. The normalized spacial score (nSPS) is 17.0. The van der Waals surface area contributed by atoms with Gasteiger partial charge in [-0.15, -0.1) is 24.0 Å². The lowest BCUT2D eigenvalue weighted by Gasteiger charge is -2.18. The number of guanidine groups is 1. The number of nitrogens with zero attached hydrogens (tertiary/aromatic N) is 2. The molecule has 0 amide bonds. The third-order valence-corrected chi connectivity index (χ3v) is 4.37. The molecule has 0 bridgehead atoms. The van der Waals surface area contributed by atoms with Gasteiger partial charge in [-0.25, -0.2) is 8.78 Å². The smallest absolute Gasteiger partial charge is 0.191 e. The molecule has 27 heavy (non-hydrogen) atoms. The predicted octanol–water partition coefficient (Wildman–Crippen LogP) is 3.39. The van der Waals surface area contributed by atoms with Gasteiger partial charge in [-0.3, -0.25) is 4.99 Å². The van der Waals surface area contributed by atoms with Crippen molar-refractivity contribution >= 4 is 35.6 Å². The maximum absolute atomic E-state index is 13.4. The molecule has 1 aliphatic heterocycles. The Balaban J connectivity index is 0.00000364. The van der Waals surface area contributed by atoms with E-state index in [0.29, 0.717) is 12.5 Å². The lowest BCUT2D eigenvalue weighted by molar-refractivity contribution is 0.145. The van der Waals surface area contributed by atoms with E-state index in [1.165, 1.54) is 12.1 Å². The summed E-state index contributed by atoms with van der Waals surface area (Å²) in [5, 5.41) is 6.56. The molecule has 0 spiro atoms. The molecule has 1 saturated heterocycles. The van der Waals surface area contributed by atoms with Crippen LogP contribution in [0, 0.1) is 17.6 Å². The van der Waals surface area contributed by atoms with Crippen molar-refractivity contribution < 1.29 is 13.5 Å². The van der Waals surface area contributed by atoms with E-state index >= 15 is 0 Å².